The Balaban J connectivity index is 2.11. The molecule has 0 N–H and O–H groups in total. The van der Waals surface area contributed by atoms with Crippen LogP contribution in [0.3, 0.4) is 0 Å². The summed E-state index contributed by atoms with van der Waals surface area (Å²) >= 11 is 12.3. The zero-order valence-corrected chi connectivity index (χ0v) is 17.9. The molecule has 8 heteroatoms. The largest absolute Gasteiger partial charge is 0.465 e. The molecule has 0 saturated carbocycles. The number of anilines is 1. The van der Waals surface area contributed by atoms with Crippen molar-refractivity contribution in [2.24, 2.45) is 0 Å². The van der Waals surface area contributed by atoms with Crippen molar-refractivity contribution < 1.29 is 23.9 Å². The molecule has 1 amide bonds. The van der Waals surface area contributed by atoms with Crippen molar-refractivity contribution in [3.8, 4) is 0 Å². The van der Waals surface area contributed by atoms with Gasteiger partial charge in [-0.3, -0.25) is 9.69 Å². The van der Waals surface area contributed by atoms with Crippen LogP contribution < -0.4 is 4.90 Å². The predicted molar refractivity (Wildman–Crippen MR) is 114 cm³/mol. The van der Waals surface area contributed by atoms with Crippen molar-refractivity contribution in [2.45, 2.75) is 6.92 Å². The van der Waals surface area contributed by atoms with Gasteiger partial charge in [-0.05, 0) is 48.9 Å². The van der Waals surface area contributed by atoms with Gasteiger partial charge in [0.15, 0.2) is 0 Å². The molecule has 0 radical (unpaired) electrons. The molecule has 3 rings (SSSR count). The molecular formula is C22H17Cl2NO5. The van der Waals surface area contributed by atoms with Crippen molar-refractivity contribution in [3.63, 3.8) is 0 Å². The van der Waals surface area contributed by atoms with Gasteiger partial charge in [-0.15, -0.1) is 0 Å². The molecule has 1 heterocycles. The van der Waals surface area contributed by atoms with Gasteiger partial charge in [0, 0.05) is 11.4 Å². The topological polar surface area (TPSA) is 72.9 Å². The van der Waals surface area contributed by atoms with E-state index >= 15 is 0 Å². The van der Waals surface area contributed by atoms with E-state index in [4.69, 9.17) is 27.9 Å². The molecule has 0 unspecified atom stereocenters. The maximum atomic E-state index is 13.3. The van der Waals surface area contributed by atoms with Gasteiger partial charge in [-0.25, -0.2) is 9.59 Å². The molecule has 0 bridgehead atoms. The maximum absolute atomic E-state index is 13.3. The SMILES string of the molecule is COC(=O)C1=C(C)N(c2ccc(C(=O)OC)cc2)C(=O)/C1=C\c1cccc(Cl)c1Cl. The molecule has 0 aromatic heterocycles. The smallest absolute Gasteiger partial charge is 0.340 e. The first-order valence-corrected chi connectivity index (χ1v) is 9.53. The molecule has 1 aliphatic rings. The Kier molecular flexibility index (Phi) is 6.29. The second-order valence-electron chi connectivity index (χ2n) is 6.33. The highest BCUT2D eigenvalue weighted by Gasteiger charge is 2.38. The van der Waals surface area contributed by atoms with Crippen molar-refractivity contribution in [1.29, 1.82) is 0 Å². The van der Waals surface area contributed by atoms with Gasteiger partial charge in [0.1, 0.15) is 0 Å². The highest BCUT2D eigenvalue weighted by atomic mass is 35.5. The van der Waals surface area contributed by atoms with Crippen LogP contribution in [-0.4, -0.2) is 32.1 Å². The normalized spacial score (nSPS) is 15.0. The number of methoxy groups -OCH3 is 2. The molecule has 0 saturated heterocycles. The van der Waals surface area contributed by atoms with Crippen LogP contribution in [0.1, 0.15) is 22.8 Å². The molecule has 1 aliphatic heterocycles. The number of allylic oxidation sites excluding steroid dienone is 1. The monoisotopic (exact) mass is 445 g/mol. The number of rotatable bonds is 4. The van der Waals surface area contributed by atoms with Gasteiger partial charge in [0.05, 0.1) is 41.0 Å². The van der Waals surface area contributed by atoms with Crippen LogP contribution in [0.4, 0.5) is 5.69 Å². The third-order valence-corrected chi connectivity index (χ3v) is 5.45. The lowest BCUT2D eigenvalue weighted by Crippen LogP contribution is -2.24. The number of amides is 1. The van der Waals surface area contributed by atoms with E-state index in [1.54, 1.807) is 37.3 Å². The molecule has 0 atom stereocenters. The molecule has 154 valence electrons. The number of esters is 2. The first-order chi connectivity index (χ1) is 14.3. The lowest BCUT2D eigenvalue weighted by Gasteiger charge is -2.18. The summed E-state index contributed by atoms with van der Waals surface area (Å²) in [6, 6.07) is 11.3. The molecular weight excluding hydrogens is 429 g/mol. The Morgan fingerprint density at radius 2 is 1.60 bits per heavy atom. The standard InChI is InChI=1S/C22H17Cl2NO5/c1-12-18(22(28)30-3)16(11-14-5-4-6-17(23)19(14)24)20(26)25(12)15-9-7-13(8-10-15)21(27)29-2/h4-11H,1-3H3/b16-11-. The lowest BCUT2D eigenvalue weighted by atomic mass is 10.0. The number of hydrogen-bond acceptors (Lipinski definition) is 5. The minimum Gasteiger partial charge on any atom is -0.465 e. The summed E-state index contributed by atoms with van der Waals surface area (Å²) in [5, 5.41) is 0.592. The van der Waals surface area contributed by atoms with Gasteiger partial charge >= 0.3 is 11.9 Å². The van der Waals surface area contributed by atoms with E-state index < -0.39 is 17.8 Å². The van der Waals surface area contributed by atoms with E-state index in [1.807, 2.05) is 0 Å². The zero-order valence-electron chi connectivity index (χ0n) is 16.4. The fourth-order valence-corrected chi connectivity index (χ4v) is 3.51. The third kappa shape index (κ3) is 3.84. The van der Waals surface area contributed by atoms with Gasteiger partial charge in [0.25, 0.3) is 5.91 Å². The van der Waals surface area contributed by atoms with Gasteiger partial charge < -0.3 is 9.47 Å². The summed E-state index contributed by atoms with van der Waals surface area (Å²) in [7, 11) is 2.53. The minimum absolute atomic E-state index is 0.121. The highest BCUT2D eigenvalue weighted by molar-refractivity contribution is 6.43. The van der Waals surface area contributed by atoms with Gasteiger partial charge in [0.2, 0.25) is 0 Å². The molecule has 30 heavy (non-hydrogen) atoms. The summed E-state index contributed by atoms with van der Waals surface area (Å²) in [4.78, 5) is 38.8. The average molecular weight is 446 g/mol. The zero-order chi connectivity index (χ0) is 22.0. The van der Waals surface area contributed by atoms with Crippen LogP contribution in [0.2, 0.25) is 10.0 Å². The number of halogens is 2. The number of benzene rings is 2. The number of carbonyl (C=O) groups excluding carboxylic acids is 3. The van der Waals surface area contributed by atoms with Gasteiger partial charge in [-0.1, -0.05) is 35.3 Å². The summed E-state index contributed by atoms with van der Waals surface area (Å²) in [5.74, 6) is -1.58. The van der Waals surface area contributed by atoms with Crippen molar-refractivity contribution in [1.82, 2.24) is 0 Å². The number of carbonyl (C=O) groups is 3. The Morgan fingerprint density at radius 1 is 0.967 bits per heavy atom. The fraction of sp³-hybridized carbons (Fsp3) is 0.136. The van der Waals surface area contributed by atoms with Crippen LogP contribution in [0, 0.1) is 0 Å². The van der Waals surface area contributed by atoms with Gasteiger partial charge in [-0.2, -0.15) is 0 Å². The summed E-state index contributed by atoms with van der Waals surface area (Å²) < 4.78 is 9.58. The van der Waals surface area contributed by atoms with E-state index in [1.165, 1.54) is 37.3 Å². The van der Waals surface area contributed by atoms with Crippen LogP contribution in [0.25, 0.3) is 6.08 Å². The van der Waals surface area contributed by atoms with Crippen molar-refractivity contribution >= 4 is 52.8 Å². The summed E-state index contributed by atoms with van der Waals surface area (Å²) in [6.45, 7) is 1.64. The Bertz CT molecular complexity index is 1100. The van der Waals surface area contributed by atoms with E-state index in [0.717, 1.165) is 0 Å². The average Bonchev–Trinajstić information content (AvgIpc) is 2.99. The second-order valence-corrected chi connectivity index (χ2v) is 7.12. The van der Waals surface area contributed by atoms with E-state index in [9.17, 15) is 14.4 Å². The lowest BCUT2D eigenvalue weighted by molar-refractivity contribution is -0.136. The first kappa shape index (κ1) is 21.6. The minimum atomic E-state index is -0.654. The number of ether oxygens (including phenoxy) is 2. The van der Waals surface area contributed by atoms with E-state index in [0.29, 0.717) is 27.5 Å². The number of nitrogens with zero attached hydrogens (tertiary/aromatic N) is 1. The summed E-state index contributed by atoms with van der Waals surface area (Å²) in [5.41, 5.74) is 1.94. The van der Waals surface area contributed by atoms with Crippen LogP contribution in [0.15, 0.2) is 59.3 Å². The number of hydrogen-bond donors (Lipinski definition) is 0. The molecule has 2 aromatic rings. The Morgan fingerprint density at radius 3 is 2.20 bits per heavy atom. The maximum Gasteiger partial charge on any atom is 0.340 e. The molecule has 0 aliphatic carbocycles. The molecule has 6 nitrogen and oxygen atoms in total. The predicted octanol–water partition coefficient (Wildman–Crippen LogP) is 4.66. The first-order valence-electron chi connectivity index (χ1n) is 8.78. The quantitative estimate of drug-likeness (QED) is 0.505. The molecule has 2 aromatic carbocycles. The fourth-order valence-electron chi connectivity index (χ4n) is 3.14. The van der Waals surface area contributed by atoms with E-state index in [-0.39, 0.29) is 16.2 Å². The highest BCUT2D eigenvalue weighted by Crippen LogP contribution is 2.37. The Hall–Kier alpha value is -3.09. The van der Waals surface area contributed by atoms with E-state index in [2.05, 4.69) is 4.74 Å². The second kappa shape index (κ2) is 8.73. The van der Waals surface area contributed by atoms with Crippen LogP contribution >= 0.6 is 23.2 Å². The third-order valence-electron chi connectivity index (χ3n) is 4.62. The Labute approximate surface area is 183 Å². The van der Waals surface area contributed by atoms with Crippen molar-refractivity contribution in [3.05, 3.63) is 80.5 Å². The van der Waals surface area contributed by atoms with Crippen LogP contribution in [0.5, 0.6) is 0 Å². The molecule has 0 spiro atoms. The molecule has 0 fully saturated rings. The van der Waals surface area contributed by atoms with Crippen LogP contribution in [-0.2, 0) is 19.1 Å². The van der Waals surface area contributed by atoms with Crippen molar-refractivity contribution in [2.75, 3.05) is 19.1 Å². The summed E-state index contributed by atoms with van der Waals surface area (Å²) in [6.07, 6.45) is 1.51.